The Balaban J connectivity index is 3.50. The topological polar surface area (TPSA) is 69.6 Å². The number of hydrogen-bond donors (Lipinski definition) is 3. The van der Waals surface area contributed by atoms with Crippen LogP contribution in [-0.2, 0) is 4.79 Å². The molecule has 2 atom stereocenters. The number of aliphatic hydroxyl groups is 2. The lowest BCUT2D eigenvalue weighted by atomic mass is 10.0. The lowest BCUT2D eigenvalue weighted by Gasteiger charge is -2.20. The Morgan fingerprint density at radius 3 is 1.08 bits per heavy atom. The minimum atomic E-state index is -0.840. The second-order valence-electron chi connectivity index (χ2n) is 16.9. The van der Waals surface area contributed by atoms with Gasteiger partial charge in [0.1, 0.15) is 0 Å². The van der Waals surface area contributed by atoms with Crippen LogP contribution in [0.2, 0.25) is 0 Å². The van der Waals surface area contributed by atoms with Gasteiger partial charge in [-0.2, -0.15) is 0 Å². The van der Waals surface area contributed by atoms with Crippen LogP contribution in [0, 0.1) is 0 Å². The summed E-state index contributed by atoms with van der Waals surface area (Å²) in [6, 6.07) is -0.623. The number of allylic oxidation sites excluding steroid dienone is 17. The van der Waals surface area contributed by atoms with Gasteiger partial charge in [0.15, 0.2) is 0 Å². The summed E-state index contributed by atoms with van der Waals surface area (Å²) in [5.41, 5.74) is 0. The van der Waals surface area contributed by atoms with Gasteiger partial charge < -0.3 is 15.5 Å². The summed E-state index contributed by atoms with van der Waals surface area (Å²) in [6.07, 6.45) is 78.2. The van der Waals surface area contributed by atoms with E-state index < -0.39 is 12.1 Å². The van der Waals surface area contributed by atoms with E-state index in [2.05, 4.69) is 116 Å². The normalized spacial score (nSPS) is 13.8. The second kappa shape index (κ2) is 51.4. The van der Waals surface area contributed by atoms with Crippen molar-refractivity contribution in [3.8, 4) is 0 Å². The molecule has 4 heteroatoms. The zero-order chi connectivity index (χ0) is 44.2. The van der Waals surface area contributed by atoms with Crippen molar-refractivity contribution < 1.29 is 15.0 Å². The second-order valence-corrected chi connectivity index (χ2v) is 16.9. The summed E-state index contributed by atoms with van der Waals surface area (Å²) in [5, 5.41) is 22.9. The predicted octanol–water partition coefficient (Wildman–Crippen LogP) is 16.7. The van der Waals surface area contributed by atoms with Crippen LogP contribution in [0.25, 0.3) is 0 Å². The van der Waals surface area contributed by atoms with E-state index in [0.717, 1.165) is 77.0 Å². The first-order valence-electron chi connectivity index (χ1n) is 25.6. The van der Waals surface area contributed by atoms with E-state index in [4.69, 9.17) is 0 Å². The summed E-state index contributed by atoms with van der Waals surface area (Å²) < 4.78 is 0. The maximum Gasteiger partial charge on any atom is 0.220 e. The first-order chi connectivity index (χ1) is 30.2. The third kappa shape index (κ3) is 47.9. The molecule has 0 heterocycles. The molecule has 0 bridgehead atoms. The molecule has 0 spiro atoms. The first kappa shape index (κ1) is 58.0. The molecule has 0 aliphatic carbocycles. The lowest BCUT2D eigenvalue weighted by Crippen LogP contribution is -2.45. The largest absolute Gasteiger partial charge is 0.394 e. The van der Waals surface area contributed by atoms with Gasteiger partial charge in [0.2, 0.25) is 5.91 Å². The minimum absolute atomic E-state index is 0.0707. The van der Waals surface area contributed by atoms with Crippen molar-refractivity contribution in [1.82, 2.24) is 5.32 Å². The van der Waals surface area contributed by atoms with Crippen molar-refractivity contribution in [3.05, 3.63) is 109 Å². The number of amides is 1. The Morgan fingerprint density at radius 1 is 0.410 bits per heavy atom. The summed E-state index contributed by atoms with van der Waals surface area (Å²) in [6.45, 7) is 4.14. The zero-order valence-electron chi connectivity index (χ0n) is 39.9. The van der Waals surface area contributed by atoms with Gasteiger partial charge in [-0.25, -0.2) is 0 Å². The van der Waals surface area contributed by atoms with Gasteiger partial charge in [-0.3, -0.25) is 4.79 Å². The molecule has 61 heavy (non-hydrogen) atoms. The van der Waals surface area contributed by atoms with E-state index in [0.29, 0.717) is 6.42 Å². The van der Waals surface area contributed by atoms with Crippen LogP contribution in [0.3, 0.4) is 0 Å². The number of hydrogen-bond acceptors (Lipinski definition) is 3. The van der Waals surface area contributed by atoms with E-state index in [1.165, 1.54) is 128 Å². The van der Waals surface area contributed by atoms with Gasteiger partial charge in [0, 0.05) is 6.42 Å². The van der Waals surface area contributed by atoms with E-state index >= 15 is 0 Å². The number of carbonyl (C=O) groups is 1. The molecule has 0 aromatic carbocycles. The Labute approximate surface area is 378 Å². The van der Waals surface area contributed by atoms with Crippen molar-refractivity contribution in [2.45, 2.75) is 238 Å². The summed E-state index contributed by atoms with van der Waals surface area (Å²) in [7, 11) is 0. The molecular formula is C57H97NO3. The molecular weight excluding hydrogens is 747 g/mol. The number of carbonyl (C=O) groups excluding carboxylic acids is 1. The van der Waals surface area contributed by atoms with Gasteiger partial charge in [-0.1, -0.05) is 245 Å². The Bertz CT molecular complexity index is 1180. The molecule has 1 amide bonds. The molecule has 0 saturated heterocycles. The van der Waals surface area contributed by atoms with Gasteiger partial charge in [0.05, 0.1) is 18.8 Å². The molecule has 0 rings (SSSR count). The lowest BCUT2D eigenvalue weighted by molar-refractivity contribution is -0.123. The molecule has 3 N–H and O–H groups in total. The van der Waals surface area contributed by atoms with Crippen molar-refractivity contribution in [2.24, 2.45) is 0 Å². The quantitative estimate of drug-likeness (QED) is 0.0422. The number of unbranched alkanes of at least 4 members (excludes halogenated alkanes) is 22. The van der Waals surface area contributed by atoms with Crippen LogP contribution in [-0.4, -0.2) is 34.9 Å². The highest BCUT2D eigenvalue weighted by molar-refractivity contribution is 5.76. The fraction of sp³-hybridized carbons (Fsp3) is 0.667. The molecule has 0 radical (unpaired) electrons. The average Bonchev–Trinajstić information content (AvgIpc) is 3.26. The van der Waals surface area contributed by atoms with Crippen LogP contribution in [0.1, 0.15) is 226 Å². The third-order valence-corrected chi connectivity index (χ3v) is 11.0. The van der Waals surface area contributed by atoms with Gasteiger partial charge in [-0.05, 0) is 83.5 Å². The van der Waals surface area contributed by atoms with Gasteiger partial charge in [0.25, 0.3) is 0 Å². The molecule has 2 unspecified atom stereocenters. The van der Waals surface area contributed by atoms with E-state index in [-0.39, 0.29) is 12.5 Å². The SMILES string of the molecule is CC/C=C\C/C=C\C/C=C\C/C=C\C/C=C\C/C=C\C/C=C\C/C=C\CCCCCCCCCCCCCCCCCCC(=O)NC(CO)C(O)/C=C/CCCCCCCC. The number of nitrogens with one attached hydrogen (secondary N) is 1. The number of rotatable bonds is 45. The highest BCUT2D eigenvalue weighted by atomic mass is 16.3. The van der Waals surface area contributed by atoms with Crippen LogP contribution in [0.15, 0.2) is 109 Å². The molecule has 0 aliphatic heterocycles. The highest BCUT2D eigenvalue weighted by Crippen LogP contribution is 2.15. The Kier molecular flexibility index (Phi) is 48.9. The highest BCUT2D eigenvalue weighted by Gasteiger charge is 2.17. The van der Waals surface area contributed by atoms with Crippen molar-refractivity contribution in [2.75, 3.05) is 6.61 Å². The van der Waals surface area contributed by atoms with Crippen molar-refractivity contribution in [3.63, 3.8) is 0 Å². The Hall–Kier alpha value is -2.95. The molecule has 4 nitrogen and oxygen atoms in total. The van der Waals surface area contributed by atoms with E-state index in [9.17, 15) is 15.0 Å². The van der Waals surface area contributed by atoms with Crippen LogP contribution in [0.5, 0.6) is 0 Å². The molecule has 348 valence electrons. The molecule has 0 aromatic heterocycles. The minimum Gasteiger partial charge on any atom is -0.394 e. The summed E-state index contributed by atoms with van der Waals surface area (Å²) in [5.74, 6) is -0.0707. The molecule has 0 aliphatic rings. The average molecular weight is 844 g/mol. The molecule has 0 aromatic rings. The fourth-order valence-corrected chi connectivity index (χ4v) is 7.13. The van der Waals surface area contributed by atoms with Crippen LogP contribution in [0.4, 0.5) is 0 Å². The third-order valence-electron chi connectivity index (χ3n) is 11.0. The summed E-state index contributed by atoms with van der Waals surface area (Å²) in [4.78, 5) is 12.3. The van der Waals surface area contributed by atoms with E-state index in [1.807, 2.05) is 6.08 Å². The number of aliphatic hydroxyl groups excluding tert-OH is 2. The van der Waals surface area contributed by atoms with Crippen molar-refractivity contribution in [1.29, 1.82) is 0 Å². The molecule has 0 fully saturated rings. The first-order valence-corrected chi connectivity index (χ1v) is 25.6. The maximum absolute atomic E-state index is 12.3. The van der Waals surface area contributed by atoms with Crippen LogP contribution >= 0.6 is 0 Å². The fourth-order valence-electron chi connectivity index (χ4n) is 7.13. The zero-order valence-corrected chi connectivity index (χ0v) is 39.9. The maximum atomic E-state index is 12.3. The smallest absolute Gasteiger partial charge is 0.220 e. The van der Waals surface area contributed by atoms with Gasteiger partial charge >= 0.3 is 0 Å². The standard InChI is InChI=1S/C57H97NO3/c1-3-5-7-9-11-13-14-15-16-17-18-19-20-21-22-23-24-25-26-27-28-29-30-31-32-33-34-35-36-37-38-39-40-41-42-43-44-45-47-49-51-53-57(61)58-55(54-59)56(60)52-50-48-46-12-10-8-6-4-2/h5,7,11,13,15-16,18-19,21-22,24-25,27-28,30-31,50,52,55-56,59-60H,3-4,6,8-10,12,14,17,20,23,26,29,32-49,51,53-54H2,1-2H3,(H,58,61)/b7-5-,13-11-,16-15-,19-18-,22-21-,25-24-,28-27-,31-30-,52-50+. The monoisotopic (exact) mass is 844 g/mol. The van der Waals surface area contributed by atoms with E-state index in [1.54, 1.807) is 6.08 Å². The predicted molar refractivity (Wildman–Crippen MR) is 271 cm³/mol. The molecule has 0 saturated carbocycles. The Morgan fingerprint density at radius 2 is 0.721 bits per heavy atom. The van der Waals surface area contributed by atoms with Gasteiger partial charge in [-0.15, -0.1) is 0 Å². The van der Waals surface area contributed by atoms with Crippen LogP contribution < -0.4 is 5.32 Å². The summed E-state index contributed by atoms with van der Waals surface area (Å²) >= 11 is 0. The van der Waals surface area contributed by atoms with Crippen molar-refractivity contribution >= 4 is 5.91 Å².